The van der Waals surface area contributed by atoms with Crippen LogP contribution in [0, 0.1) is 0 Å². The van der Waals surface area contributed by atoms with Crippen molar-refractivity contribution in [3.8, 4) is 5.75 Å². The molecule has 2 rings (SSSR count). The van der Waals surface area contributed by atoms with E-state index >= 15 is 0 Å². The van der Waals surface area contributed by atoms with Gasteiger partial charge < -0.3 is 4.74 Å². The van der Waals surface area contributed by atoms with Crippen molar-refractivity contribution < 1.29 is 9.53 Å². The molecule has 0 fully saturated rings. The maximum atomic E-state index is 12.7. The maximum Gasteiger partial charge on any atom is 0.163 e. The molecule has 0 aliphatic heterocycles. The zero-order chi connectivity index (χ0) is 17.2. The Balaban J connectivity index is 2.04. The van der Waals surface area contributed by atoms with Crippen molar-refractivity contribution in [2.24, 2.45) is 0 Å². The Bertz CT molecular complexity index is 602. The van der Waals surface area contributed by atoms with Crippen molar-refractivity contribution in [2.45, 2.75) is 51.4 Å². The average Bonchev–Trinajstić information content (AvgIpc) is 2.65. The molecule has 0 saturated carbocycles. The Kier molecular flexibility index (Phi) is 7.54. The summed E-state index contributed by atoms with van der Waals surface area (Å²) >= 11 is 0. The minimum Gasteiger partial charge on any atom is -0.497 e. The van der Waals surface area contributed by atoms with Gasteiger partial charge in [-0.05, 0) is 42.2 Å². The Morgan fingerprint density at radius 3 is 2.29 bits per heavy atom. The number of Topliss-reactive ketones (excluding diaryl/α,β-unsaturated/α-hetero) is 1. The number of unbranched alkanes of at least 4 members (excludes halogenated alkanes) is 3. The van der Waals surface area contributed by atoms with E-state index in [1.54, 1.807) is 7.11 Å². The molecule has 2 heteroatoms. The van der Waals surface area contributed by atoms with E-state index in [1.165, 1.54) is 31.2 Å². The summed E-state index contributed by atoms with van der Waals surface area (Å²) in [6, 6.07) is 17.9. The van der Waals surface area contributed by atoms with E-state index in [2.05, 4.69) is 31.2 Å². The van der Waals surface area contributed by atoms with Crippen molar-refractivity contribution in [1.82, 2.24) is 0 Å². The Morgan fingerprint density at radius 1 is 0.958 bits per heavy atom. The van der Waals surface area contributed by atoms with Crippen LogP contribution in [0.3, 0.4) is 0 Å². The highest BCUT2D eigenvalue weighted by atomic mass is 16.5. The minimum absolute atomic E-state index is 0.210. The zero-order valence-corrected chi connectivity index (χ0v) is 14.8. The molecule has 2 aromatic carbocycles. The molecule has 0 aliphatic carbocycles. The lowest BCUT2D eigenvalue weighted by Gasteiger charge is -2.17. The van der Waals surface area contributed by atoms with Crippen molar-refractivity contribution >= 4 is 5.78 Å². The van der Waals surface area contributed by atoms with E-state index in [0.717, 1.165) is 17.7 Å². The second kappa shape index (κ2) is 9.92. The maximum absolute atomic E-state index is 12.7. The Labute approximate surface area is 145 Å². The molecule has 0 aliphatic rings. The van der Waals surface area contributed by atoms with Gasteiger partial charge in [0, 0.05) is 12.0 Å². The van der Waals surface area contributed by atoms with Crippen LogP contribution in [0.25, 0.3) is 0 Å². The third-order valence-electron chi connectivity index (χ3n) is 4.52. The molecule has 0 spiro atoms. The second-order valence-electron chi connectivity index (χ2n) is 6.31. The zero-order valence-electron chi connectivity index (χ0n) is 14.8. The van der Waals surface area contributed by atoms with E-state index in [9.17, 15) is 4.79 Å². The largest absolute Gasteiger partial charge is 0.497 e. The van der Waals surface area contributed by atoms with Gasteiger partial charge in [-0.2, -0.15) is 0 Å². The van der Waals surface area contributed by atoms with E-state index < -0.39 is 0 Å². The van der Waals surface area contributed by atoms with Crippen molar-refractivity contribution in [1.29, 1.82) is 0 Å². The summed E-state index contributed by atoms with van der Waals surface area (Å²) in [4.78, 5) is 12.7. The topological polar surface area (TPSA) is 26.3 Å². The van der Waals surface area contributed by atoms with Gasteiger partial charge in [0.1, 0.15) is 5.75 Å². The summed E-state index contributed by atoms with van der Waals surface area (Å²) in [5.74, 6) is 1.30. The van der Waals surface area contributed by atoms with E-state index in [-0.39, 0.29) is 5.78 Å². The number of hydrogen-bond donors (Lipinski definition) is 0. The fourth-order valence-corrected chi connectivity index (χ4v) is 3.05. The lowest BCUT2D eigenvalue weighted by molar-refractivity contribution is 0.0972. The van der Waals surface area contributed by atoms with Crippen molar-refractivity contribution in [2.75, 3.05) is 7.11 Å². The molecule has 2 nitrogen and oxygen atoms in total. The standard InChI is InChI=1S/C22H28O2/c1-3-4-5-7-12-20(18-10-8-6-9-11-18)17-22(23)19-13-15-21(24-2)16-14-19/h6,8-11,13-16,20H,3-5,7,12,17H2,1-2H3. The molecular formula is C22H28O2. The molecule has 1 atom stereocenters. The third-order valence-corrected chi connectivity index (χ3v) is 4.52. The summed E-state index contributed by atoms with van der Waals surface area (Å²) in [5.41, 5.74) is 2.04. The fourth-order valence-electron chi connectivity index (χ4n) is 3.05. The first-order valence-electron chi connectivity index (χ1n) is 8.96. The predicted octanol–water partition coefficient (Wildman–Crippen LogP) is 6.02. The van der Waals surface area contributed by atoms with Crippen LogP contribution in [-0.2, 0) is 0 Å². The Morgan fingerprint density at radius 2 is 1.67 bits per heavy atom. The monoisotopic (exact) mass is 324 g/mol. The molecule has 24 heavy (non-hydrogen) atoms. The van der Waals surface area contributed by atoms with Crippen LogP contribution < -0.4 is 4.74 Å². The third kappa shape index (κ3) is 5.52. The normalized spacial score (nSPS) is 11.9. The summed E-state index contributed by atoms with van der Waals surface area (Å²) in [7, 11) is 1.64. The second-order valence-corrected chi connectivity index (χ2v) is 6.31. The number of hydrogen-bond acceptors (Lipinski definition) is 2. The molecule has 0 aromatic heterocycles. The summed E-state index contributed by atoms with van der Waals surface area (Å²) in [6.45, 7) is 2.22. The first-order valence-corrected chi connectivity index (χ1v) is 8.96. The van der Waals surface area contributed by atoms with Gasteiger partial charge in [0.2, 0.25) is 0 Å². The van der Waals surface area contributed by atoms with Gasteiger partial charge >= 0.3 is 0 Å². The molecular weight excluding hydrogens is 296 g/mol. The van der Waals surface area contributed by atoms with Gasteiger partial charge in [0.05, 0.1) is 7.11 Å². The van der Waals surface area contributed by atoms with Crippen molar-refractivity contribution in [3.63, 3.8) is 0 Å². The molecule has 0 bridgehead atoms. The number of carbonyl (C=O) groups is 1. The SMILES string of the molecule is CCCCCCC(CC(=O)c1ccc(OC)cc1)c1ccccc1. The minimum atomic E-state index is 0.210. The van der Waals surface area contributed by atoms with Crippen LogP contribution in [-0.4, -0.2) is 12.9 Å². The molecule has 0 N–H and O–H groups in total. The highest BCUT2D eigenvalue weighted by Gasteiger charge is 2.17. The number of rotatable bonds is 10. The van der Waals surface area contributed by atoms with Crippen LogP contribution >= 0.6 is 0 Å². The van der Waals surface area contributed by atoms with Gasteiger partial charge in [0.25, 0.3) is 0 Å². The number of benzene rings is 2. The molecule has 0 amide bonds. The smallest absolute Gasteiger partial charge is 0.163 e. The highest BCUT2D eigenvalue weighted by molar-refractivity contribution is 5.96. The van der Waals surface area contributed by atoms with E-state index in [4.69, 9.17) is 4.74 Å². The number of ether oxygens (including phenoxy) is 1. The van der Waals surface area contributed by atoms with Crippen LogP contribution in [0.5, 0.6) is 5.75 Å². The summed E-state index contributed by atoms with van der Waals surface area (Å²) in [5, 5.41) is 0. The van der Waals surface area contributed by atoms with Gasteiger partial charge in [-0.25, -0.2) is 0 Å². The van der Waals surface area contributed by atoms with Crippen LogP contribution in [0.4, 0.5) is 0 Å². The van der Waals surface area contributed by atoms with Gasteiger partial charge in [-0.3, -0.25) is 4.79 Å². The molecule has 0 saturated heterocycles. The van der Waals surface area contributed by atoms with E-state index in [0.29, 0.717) is 12.3 Å². The van der Waals surface area contributed by atoms with Gasteiger partial charge in [-0.15, -0.1) is 0 Å². The van der Waals surface area contributed by atoms with Crippen LogP contribution in [0.2, 0.25) is 0 Å². The average molecular weight is 324 g/mol. The summed E-state index contributed by atoms with van der Waals surface area (Å²) < 4.78 is 5.16. The number of methoxy groups -OCH3 is 1. The molecule has 0 heterocycles. The lowest BCUT2D eigenvalue weighted by Crippen LogP contribution is -2.08. The van der Waals surface area contributed by atoms with Crippen LogP contribution in [0.15, 0.2) is 54.6 Å². The molecule has 0 radical (unpaired) electrons. The van der Waals surface area contributed by atoms with Gasteiger partial charge in [0.15, 0.2) is 5.78 Å². The lowest BCUT2D eigenvalue weighted by atomic mass is 9.87. The van der Waals surface area contributed by atoms with Crippen LogP contribution in [0.1, 0.15) is 67.3 Å². The highest BCUT2D eigenvalue weighted by Crippen LogP contribution is 2.28. The fraction of sp³-hybridized carbons (Fsp3) is 0.409. The molecule has 128 valence electrons. The van der Waals surface area contributed by atoms with Crippen molar-refractivity contribution in [3.05, 3.63) is 65.7 Å². The van der Waals surface area contributed by atoms with E-state index in [1.807, 2.05) is 30.3 Å². The molecule has 2 aromatic rings. The molecule has 1 unspecified atom stereocenters. The Hall–Kier alpha value is -2.09. The summed E-state index contributed by atoms with van der Waals surface area (Å²) in [6.07, 6.45) is 6.59. The number of ketones is 1. The predicted molar refractivity (Wildman–Crippen MR) is 99.9 cm³/mol. The quantitative estimate of drug-likeness (QED) is 0.394. The first kappa shape index (κ1) is 18.3. The number of carbonyl (C=O) groups excluding carboxylic acids is 1. The first-order chi connectivity index (χ1) is 11.7. The van der Waals surface area contributed by atoms with Gasteiger partial charge in [-0.1, -0.05) is 62.9 Å².